The van der Waals surface area contributed by atoms with Crippen molar-refractivity contribution in [2.45, 2.75) is 13.8 Å². The van der Waals surface area contributed by atoms with Crippen molar-refractivity contribution < 1.29 is 39.5 Å². The fourth-order valence-corrected chi connectivity index (χ4v) is 2.15. The zero-order valence-corrected chi connectivity index (χ0v) is 18.6. The molecule has 0 atom stereocenters. The molecule has 0 aliphatic heterocycles. The summed E-state index contributed by atoms with van der Waals surface area (Å²) in [4.78, 5) is 21.6. The molecule has 0 saturated carbocycles. The summed E-state index contributed by atoms with van der Waals surface area (Å²) >= 11 is 0. The molecule has 4 nitrogen and oxygen atoms in total. The minimum absolute atomic E-state index is 0. The molecule has 3 rings (SSSR count). The second-order valence-corrected chi connectivity index (χ2v) is 5.54. The summed E-state index contributed by atoms with van der Waals surface area (Å²) in [5.41, 5.74) is 0.525. The van der Waals surface area contributed by atoms with Crippen LogP contribution in [0, 0.1) is 7.43 Å². The Bertz CT molecular complexity index is 886. The van der Waals surface area contributed by atoms with Crippen molar-refractivity contribution in [2.24, 2.45) is 0 Å². The molecule has 0 aromatic heterocycles. The predicted octanol–water partition coefficient (Wildman–Crippen LogP) is 5.11. The van der Waals surface area contributed by atoms with E-state index in [2.05, 4.69) is 0 Å². The minimum Gasteiger partial charge on any atom is -0.497 e. The topological polar surface area (TPSA) is 52.6 Å². The van der Waals surface area contributed by atoms with Gasteiger partial charge in [0.05, 0.1) is 12.7 Å². The van der Waals surface area contributed by atoms with Crippen LogP contribution >= 0.6 is 0 Å². The molecule has 1 radical (unpaired) electrons. The molecule has 0 amide bonds. The Morgan fingerprint density at radius 1 is 0.778 bits per heavy atom. The van der Waals surface area contributed by atoms with Crippen LogP contribution in [-0.2, 0) is 25.2 Å². The molecule has 0 N–H and O–H groups in total. The molecule has 27 heavy (non-hydrogen) atoms. The van der Waals surface area contributed by atoms with Crippen molar-refractivity contribution in [3.05, 3.63) is 79.7 Å². The summed E-state index contributed by atoms with van der Waals surface area (Å²) in [5, 5.41) is 2.10. The average molecular weight is 538 g/mol. The number of hydrogen-bond acceptors (Lipinski definition) is 4. The molecule has 5 heteroatoms. The van der Waals surface area contributed by atoms with Gasteiger partial charge in [-0.1, -0.05) is 36.4 Å². The van der Waals surface area contributed by atoms with Gasteiger partial charge in [-0.05, 0) is 48.9 Å². The molecule has 0 spiro atoms. The summed E-state index contributed by atoms with van der Waals surface area (Å²) in [6.45, 7) is 3.06. The first-order valence-corrected chi connectivity index (χ1v) is 7.82. The van der Waals surface area contributed by atoms with Gasteiger partial charge in [-0.2, -0.15) is 0 Å². The maximum atomic E-state index is 12.2. The van der Waals surface area contributed by atoms with Gasteiger partial charge in [0.15, 0.2) is 0 Å². The summed E-state index contributed by atoms with van der Waals surface area (Å²) in [5.74, 6) is 0.903. The fourth-order valence-electron chi connectivity index (χ4n) is 2.15. The van der Waals surface area contributed by atoms with E-state index < -0.39 is 0 Å². The Morgan fingerprint density at radius 2 is 1.37 bits per heavy atom. The van der Waals surface area contributed by atoms with E-state index in [1.54, 1.807) is 37.4 Å². The van der Waals surface area contributed by atoms with Crippen LogP contribution in [0.3, 0.4) is 0 Å². The van der Waals surface area contributed by atoms with Crippen LogP contribution in [0.2, 0.25) is 0 Å². The van der Waals surface area contributed by atoms with Gasteiger partial charge in [-0.25, -0.2) is 4.79 Å². The Morgan fingerprint density at radius 3 is 2.00 bits per heavy atom. The Labute approximate surface area is 174 Å². The number of fused-ring (bicyclic) bond motifs is 1. The SMILES string of the molecule is CC(C)=O.COc1cccc(OC(=O)c2ccc3ccccc3c2)c1.[CH3-].[Re]. The number of Topliss-reactive ketones (excluding diaryl/α,β-unsaturated/α-hetero) is 1. The quantitative estimate of drug-likeness (QED) is 0.265. The number of ether oxygens (including phenoxy) is 2. The number of carbonyl (C=O) groups excluding carboxylic acids is 2. The van der Waals surface area contributed by atoms with Gasteiger partial charge in [-0.3, -0.25) is 0 Å². The monoisotopic (exact) mass is 538 g/mol. The molecule has 0 saturated heterocycles. The molecule has 0 heterocycles. The van der Waals surface area contributed by atoms with Crippen LogP contribution < -0.4 is 9.47 Å². The summed E-state index contributed by atoms with van der Waals surface area (Å²) < 4.78 is 10.5. The van der Waals surface area contributed by atoms with Crippen molar-refractivity contribution >= 4 is 22.5 Å². The number of ketones is 1. The van der Waals surface area contributed by atoms with E-state index in [4.69, 9.17) is 9.47 Å². The fraction of sp³-hybridized carbons (Fsp3) is 0.136. The van der Waals surface area contributed by atoms with E-state index in [0.29, 0.717) is 17.1 Å². The second-order valence-electron chi connectivity index (χ2n) is 5.54. The van der Waals surface area contributed by atoms with Gasteiger partial charge in [0.2, 0.25) is 0 Å². The summed E-state index contributed by atoms with van der Waals surface area (Å²) in [7, 11) is 1.57. The zero-order valence-electron chi connectivity index (χ0n) is 15.9. The van der Waals surface area contributed by atoms with Crippen LogP contribution in [0.4, 0.5) is 0 Å². The molecule has 0 bridgehead atoms. The first-order valence-electron chi connectivity index (χ1n) is 7.82. The van der Waals surface area contributed by atoms with Crippen molar-refractivity contribution in [1.29, 1.82) is 0 Å². The van der Waals surface area contributed by atoms with E-state index in [0.717, 1.165) is 10.8 Å². The Balaban J connectivity index is 0.00000103. The van der Waals surface area contributed by atoms with Gasteiger partial charge in [-0.15, -0.1) is 0 Å². The van der Waals surface area contributed by atoms with E-state index in [1.807, 2.05) is 36.4 Å². The molecule has 143 valence electrons. The van der Waals surface area contributed by atoms with Gasteiger partial charge in [0, 0.05) is 26.5 Å². The first-order chi connectivity index (χ1) is 12.0. The molecule has 0 aliphatic rings. The number of methoxy groups -OCH3 is 1. The molecule has 0 unspecified atom stereocenters. The normalized spacial score (nSPS) is 9.00. The third-order valence-corrected chi connectivity index (χ3v) is 3.24. The largest absolute Gasteiger partial charge is 0.497 e. The maximum Gasteiger partial charge on any atom is 0.343 e. The number of hydrogen-bond donors (Lipinski definition) is 0. The Hall–Kier alpha value is -2.48. The van der Waals surface area contributed by atoms with Crippen molar-refractivity contribution in [3.63, 3.8) is 0 Å². The number of rotatable bonds is 3. The van der Waals surface area contributed by atoms with Crippen LogP contribution in [0.1, 0.15) is 24.2 Å². The molecular formula is C22H23O4Re-. The smallest absolute Gasteiger partial charge is 0.343 e. The Kier molecular flexibility index (Phi) is 10.9. The zero-order chi connectivity index (χ0) is 18.2. The van der Waals surface area contributed by atoms with Crippen LogP contribution in [0.5, 0.6) is 11.5 Å². The summed E-state index contributed by atoms with van der Waals surface area (Å²) in [6, 6.07) is 20.4. The first kappa shape index (κ1) is 24.5. The summed E-state index contributed by atoms with van der Waals surface area (Å²) in [6.07, 6.45) is 0. The third-order valence-electron chi connectivity index (χ3n) is 3.24. The van der Waals surface area contributed by atoms with Crippen LogP contribution in [0.15, 0.2) is 66.7 Å². The molecule has 3 aromatic carbocycles. The standard InChI is InChI=1S/C18H14O3.C3H6O.CH3.Re/c1-20-16-7-4-8-17(12-16)21-18(19)15-10-9-13-5-2-3-6-14(13)11-15;1-3(2)4;;/h2-12H,1H3;1-2H3;1H3;/q;;-1;. The predicted molar refractivity (Wildman–Crippen MR) is 105 cm³/mol. The van der Waals surface area contributed by atoms with Gasteiger partial charge >= 0.3 is 5.97 Å². The third kappa shape index (κ3) is 7.74. The average Bonchev–Trinajstić information content (AvgIpc) is 2.61. The molecule has 0 aliphatic carbocycles. The minimum atomic E-state index is -0.381. The van der Waals surface area contributed by atoms with Crippen LogP contribution in [-0.4, -0.2) is 18.9 Å². The van der Waals surface area contributed by atoms with E-state index in [1.165, 1.54) is 13.8 Å². The molecule has 3 aromatic rings. The maximum absolute atomic E-state index is 12.2. The van der Waals surface area contributed by atoms with Gasteiger partial charge < -0.3 is 21.7 Å². The second kappa shape index (κ2) is 12.0. The van der Waals surface area contributed by atoms with E-state index in [9.17, 15) is 9.59 Å². The van der Waals surface area contributed by atoms with Crippen molar-refractivity contribution in [1.82, 2.24) is 0 Å². The molecule has 0 fully saturated rings. The number of carbonyl (C=O) groups is 2. The number of benzene rings is 3. The van der Waals surface area contributed by atoms with Gasteiger partial charge in [0.25, 0.3) is 0 Å². The van der Waals surface area contributed by atoms with Gasteiger partial charge in [0.1, 0.15) is 17.3 Å². The van der Waals surface area contributed by atoms with Crippen molar-refractivity contribution in [2.75, 3.05) is 7.11 Å². The number of esters is 1. The molecular weight excluding hydrogens is 514 g/mol. The van der Waals surface area contributed by atoms with Crippen LogP contribution in [0.25, 0.3) is 10.8 Å². The van der Waals surface area contributed by atoms with E-state index >= 15 is 0 Å². The van der Waals surface area contributed by atoms with E-state index in [-0.39, 0.29) is 39.6 Å². The van der Waals surface area contributed by atoms with Crippen molar-refractivity contribution in [3.8, 4) is 11.5 Å².